The SMILES string of the molecule is Clc1cc(CN2CCCC2)c2cn(C3CCC3)nc2n1. The summed E-state index contributed by atoms with van der Waals surface area (Å²) in [7, 11) is 0. The van der Waals surface area contributed by atoms with Crippen molar-refractivity contribution in [1.82, 2.24) is 19.7 Å². The summed E-state index contributed by atoms with van der Waals surface area (Å²) in [6.45, 7) is 3.35. The Hall–Kier alpha value is -1.13. The number of hydrogen-bond donors (Lipinski definition) is 0. The molecule has 0 unspecified atom stereocenters. The molecule has 1 saturated heterocycles. The van der Waals surface area contributed by atoms with Crippen molar-refractivity contribution in [3.05, 3.63) is 23.0 Å². The second kappa shape index (κ2) is 5.01. The molecule has 1 aliphatic carbocycles. The number of rotatable bonds is 3. The van der Waals surface area contributed by atoms with Crippen LogP contribution in [0.5, 0.6) is 0 Å². The Morgan fingerprint density at radius 1 is 1.20 bits per heavy atom. The number of nitrogens with zero attached hydrogens (tertiary/aromatic N) is 4. The molecule has 0 atom stereocenters. The molecule has 2 aromatic rings. The van der Waals surface area contributed by atoms with Crippen LogP contribution in [0.25, 0.3) is 11.0 Å². The Bertz CT molecular complexity index is 626. The molecule has 5 heteroatoms. The molecule has 4 rings (SSSR count). The van der Waals surface area contributed by atoms with Crippen molar-refractivity contribution in [2.75, 3.05) is 13.1 Å². The van der Waals surface area contributed by atoms with Crippen molar-refractivity contribution in [3.63, 3.8) is 0 Å². The van der Waals surface area contributed by atoms with E-state index in [2.05, 4.69) is 25.9 Å². The lowest BCUT2D eigenvalue weighted by Gasteiger charge is -2.25. The maximum absolute atomic E-state index is 6.17. The normalized spacial score (nSPS) is 20.6. The van der Waals surface area contributed by atoms with Crippen LogP contribution in [-0.2, 0) is 6.54 Å². The van der Waals surface area contributed by atoms with E-state index in [9.17, 15) is 0 Å². The Morgan fingerprint density at radius 3 is 2.70 bits per heavy atom. The van der Waals surface area contributed by atoms with Crippen molar-refractivity contribution in [2.24, 2.45) is 0 Å². The molecule has 4 nitrogen and oxygen atoms in total. The van der Waals surface area contributed by atoms with Gasteiger partial charge in [0.25, 0.3) is 0 Å². The van der Waals surface area contributed by atoms with Crippen LogP contribution in [-0.4, -0.2) is 32.8 Å². The molecular formula is C15H19ClN4. The predicted molar refractivity (Wildman–Crippen MR) is 79.9 cm³/mol. The molecule has 2 aliphatic rings. The molecule has 0 aromatic carbocycles. The second-order valence-corrected chi connectivity index (χ2v) is 6.41. The van der Waals surface area contributed by atoms with Crippen LogP contribution in [0.1, 0.15) is 43.7 Å². The van der Waals surface area contributed by atoms with Gasteiger partial charge in [0.05, 0.1) is 6.04 Å². The lowest BCUT2D eigenvalue weighted by Crippen LogP contribution is -2.18. The third kappa shape index (κ3) is 2.21. The van der Waals surface area contributed by atoms with E-state index in [4.69, 9.17) is 11.6 Å². The first-order valence-electron chi connectivity index (χ1n) is 7.56. The van der Waals surface area contributed by atoms with Crippen LogP contribution >= 0.6 is 11.6 Å². The minimum absolute atomic E-state index is 0.561. The van der Waals surface area contributed by atoms with Gasteiger partial charge in [0.1, 0.15) is 5.15 Å². The van der Waals surface area contributed by atoms with Crippen molar-refractivity contribution >= 4 is 22.6 Å². The van der Waals surface area contributed by atoms with Crippen LogP contribution in [0.15, 0.2) is 12.3 Å². The van der Waals surface area contributed by atoms with E-state index in [0.717, 1.165) is 12.2 Å². The van der Waals surface area contributed by atoms with Crippen LogP contribution in [0.3, 0.4) is 0 Å². The maximum atomic E-state index is 6.17. The van der Waals surface area contributed by atoms with Crippen molar-refractivity contribution in [1.29, 1.82) is 0 Å². The van der Waals surface area contributed by atoms with Crippen molar-refractivity contribution in [3.8, 4) is 0 Å². The van der Waals surface area contributed by atoms with Gasteiger partial charge in [-0.25, -0.2) is 4.98 Å². The largest absolute Gasteiger partial charge is 0.299 e. The number of hydrogen-bond acceptors (Lipinski definition) is 3. The van der Waals surface area contributed by atoms with E-state index in [-0.39, 0.29) is 0 Å². The smallest absolute Gasteiger partial charge is 0.182 e. The van der Waals surface area contributed by atoms with Crippen LogP contribution in [0.4, 0.5) is 0 Å². The Labute approximate surface area is 123 Å². The first kappa shape index (κ1) is 12.6. The fourth-order valence-electron chi connectivity index (χ4n) is 3.20. The fourth-order valence-corrected chi connectivity index (χ4v) is 3.41. The Morgan fingerprint density at radius 2 is 2.00 bits per heavy atom. The summed E-state index contributed by atoms with van der Waals surface area (Å²) < 4.78 is 2.10. The highest BCUT2D eigenvalue weighted by atomic mass is 35.5. The quantitative estimate of drug-likeness (QED) is 0.813. The molecule has 1 aliphatic heterocycles. The first-order valence-corrected chi connectivity index (χ1v) is 7.94. The number of likely N-dealkylation sites (tertiary alicyclic amines) is 1. The zero-order valence-electron chi connectivity index (χ0n) is 11.6. The summed E-state index contributed by atoms with van der Waals surface area (Å²) in [5.41, 5.74) is 2.08. The molecule has 2 fully saturated rings. The standard InChI is InChI=1S/C15H19ClN4/c16-14-8-11(9-19-6-1-2-7-19)13-10-20(12-4-3-5-12)18-15(13)17-14/h8,10,12H,1-7,9H2. The average molecular weight is 291 g/mol. The molecule has 3 heterocycles. The molecule has 0 amide bonds. The van der Waals surface area contributed by atoms with E-state index in [1.807, 2.05) is 6.07 Å². The zero-order chi connectivity index (χ0) is 13.5. The summed E-state index contributed by atoms with van der Waals surface area (Å²) in [6.07, 6.45) is 8.59. The molecule has 0 bridgehead atoms. The van der Waals surface area contributed by atoms with Gasteiger partial charge in [-0.2, -0.15) is 5.10 Å². The van der Waals surface area contributed by atoms with Gasteiger partial charge in [-0.1, -0.05) is 11.6 Å². The van der Waals surface area contributed by atoms with Crippen LogP contribution in [0, 0.1) is 0 Å². The number of halogens is 1. The lowest BCUT2D eigenvalue weighted by molar-refractivity contribution is 0.290. The van der Waals surface area contributed by atoms with Gasteiger partial charge >= 0.3 is 0 Å². The van der Waals surface area contributed by atoms with Gasteiger partial charge in [0.15, 0.2) is 5.65 Å². The predicted octanol–water partition coefficient (Wildman–Crippen LogP) is 3.41. The fraction of sp³-hybridized carbons (Fsp3) is 0.600. The molecule has 2 aromatic heterocycles. The Kier molecular flexibility index (Phi) is 3.15. The monoisotopic (exact) mass is 290 g/mol. The minimum Gasteiger partial charge on any atom is -0.299 e. The lowest BCUT2D eigenvalue weighted by atomic mass is 9.93. The second-order valence-electron chi connectivity index (χ2n) is 6.02. The van der Waals surface area contributed by atoms with E-state index in [1.165, 1.54) is 56.1 Å². The highest BCUT2D eigenvalue weighted by molar-refractivity contribution is 6.29. The van der Waals surface area contributed by atoms with Gasteiger partial charge in [0.2, 0.25) is 0 Å². The van der Waals surface area contributed by atoms with Gasteiger partial charge in [-0.3, -0.25) is 9.58 Å². The zero-order valence-corrected chi connectivity index (χ0v) is 12.3. The van der Waals surface area contributed by atoms with E-state index < -0.39 is 0 Å². The highest BCUT2D eigenvalue weighted by Gasteiger charge is 2.22. The summed E-state index contributed by atoms with van der Waals surface area (Å²) >= 11 is 6.17. The molecule has 106 valence electrons. The molecule has 0 spiro atoms. The van der Waals surface area contributed by atoms with Crippen LogP contribution in [0.2, 0.25) is 5.15 Å². The van der Waals surface area contributed by atoms with Crippen molar-refractivity contribution in [2.45, 2.75) is 44.7 Å². The topological polar surface area (TPSA) is 34.0 Å². The Balaban J connectivity index is 1.71. The van der Waals surface area contributed by atoms with E-state index in [0.29, 0.717) is 11.2 Å². The summed E-state index contributed by atoms with van der Waals surface area (Å²) in [5, 5.41) is 6.37. The summed E-state index contributed by atoms with van der Waals surface area (Å²) in [6, 6.07) is 2.58. The number of aromatic nitrogens is 3. The number of fused-ring (bicyclic) bond motifs is 1. The van der Waals surface area contributed by atoms with Gasteiger partial charge in [0, 0.05) is 18.1 Å². The maximum Gasteiger partial charge on any atom is 0.182 e. The molecule has 0 N–H and O–H groups in total. The highest BCUT2D eigenvalue weighted by Crippen LogP contribution is 2.33. The third-order valence-corrected chi connectivity index (χ3v) is 4.80. The van der Waals surface area contributed by atoms with Crippen LogP contribution < -0.4 is 0 Å². The van der Waals surface area contributed by atoms with Crippen molar-refractivity contribution < 1.29 is 0 Å². The van der Waals surface area contributed by atoms with E-state index >= 15 is 0 Å². The first-order chi connectivity index (χ1) is 9.79. The molecule has 1 saturated carbocycles. The summed E-state index contributed by atoms with van der Waals surface area (Å²) in [4.78, 5) is 6.88. The average Bonchev–Trinajstić information content (AvgIpc) is 2.95. The van der Waals surface area contributed by atoms with Gasteiger partial charge < -0.3 is 0 Å². The summed E-state index contributed by atoms with van der Waals surface area (Å²) in [5.74, 6) is 0. The van der Waals surface area contributed by atoms with Gasteiger partial charge in [-0.15, -0.1) is 0 Å². The van der Waals surface area contributed by atoms with E-state index in [1.54, 1.807) is 0 Å². The third-order valence-electron chi connectivity index (χ3n) is 4.61. The molecule has 20 heavy (non-hydrogen) atoms. The minimum atomic E-state index is 0.561. The molecular weight excluding hydrogens is 272 g/mol. The number of pyridine rings is 1. The molecule has 0 radical (unpaired) electrons. The van der Waals surface area contributed by atoms with Gasteiger partial charge in [-0.05, 0) is 56.8 Å².